The molecule has 5 heteroatoms. The van der Waals surface area contributed by atoms with E-state index in [1.54, 1.807) is 16.8 Å². The first-order valence-electron chi connectivity index (χ1n) is 6.09. The van der Waals surface area contributed by atoms with Gasteiger partial charge in [-0.3, -0.25) is 0 Å². The van der Waals surface area contributed by atoms with Crippen molar-refractivity contribution in [2.45, 2.75) is 6.92 Å². The fraction of sp³-hybridized carbons (Fsp3) is 0.0667. The number of aromatic carboxylic acids is 1. The number of furan rings is 1. The van der Waals surface area contributed by atoms with Crippen LogP contribution in [-0.4, -0.2) is 20.9 Å². The topological polar surface area (TPSA) is 68.3 Å². The SMILES string of the molecule is Cc1ccccc1-n1cc(C(=O)O)c(-c2ccco2)n1. The van der Waals surface area contributed by atoms with E-state index < -0.39 is 5.97 Å². The van der Waals surface area contributed by atoms with Crippen molar-refractivity contribution in [3.05, 3.63) is 60.0 Å². The fourth-order valence-electron chi connectivity index (χ4n) is 2.07. The summed E-state index contributed by atoms with van der Waals surface area (Å²) in [5.74, 6) is -0.592. The summed E-state index contributed by atoms with van der Waals surface area (Å²) < 4.78 is 6.82. The van der Waals surface area contributed by atoms with Gasteiger partial charge in [-0.15, -0.1) is 0 Å². The summed E-state index contributed by atoms with van der Waals surface area (Å²) in [6, 6.07) is 11.0. The van der Waals surface area contributed by atoms with Crippen LogP contribution < -0.4 is 0 Å². The van der Waals surface area contributed by atoms with Crippen LogP contribution in [0.5, 0.6) is 0 Å². The smallest absolute Gasteiger partial charge is 0.339 e. The van der Waals surface area contributed by atoms with E-state index in [0.29, 0.717) is 11.5 Å². The minimum absolute atomic E-state index is 0.114. The van der Waals surface area contributed by atoms with Crippen molar-refractivity contribution >= 4 is 5.97 Å². The molecule has 3 rings (SSSR count). The van der Waals surface area contributed by atoms with Crippen LogP contribution in [0.4, 0.5) is 0 Å². The zero-order valence-electron chi connectivity index (χ0n) is 10.8. The lowest BCUT2D eigenvalue weighted by Crippen LogP contribution is -1.97. The number of aromatic nitrogens is 2. The van der Waals surface area contributed by atoms with Gasteiger partial charge < -0.3 is 9.52 Å². The highest BCUT2D eigenvalue weighted by molar-refractivity contribution is 5.94. The molecule has 5 nitrogen and oxygen atoms in total. The maximum absolute atomic E-state index is 11.4. The van der Waals surface area contributed by atoms with Crippen molar-refractivity contribution < 1.29 is 14.3 Å². The maximum Gasteiger partial charge on any atom is 0.339 e. The van der Waals surface area contributed by atoms with Crippen LogP contribution in [0.1, 0.15) is 15.9 Å². The molecular formula is C15H12N2O3. The number of para-hydroxylation sites is 1. The molecule has 20 heavy (non-hydrogen) atoms. The van der Waals surface area contributed by atoms with Gasteiger partial charge in [-0.2, -0.15) is 5.10 Å². The number of hydrogen-bond acceptors (Lipinski definition) is 3. The van der Waals surface area contributed by atoms with Gasteiger partial charge in [-0.25, -0.2) is 9.48 Å². The number of aryl methyl sites for hydroxylation is 1. The second-order valence-corrected chi connectivity index (χ2v) is 4.40. The van der Waals surface area contributed by atoms with Crippen LogP contribution in [0.15, 0.2) is 53.3 Å². The largest absolute Gasteiger partial charge is 0.478 e. The van der Waals surface area contributed by atoms with Gasteiger partial charge in [0.15, 0.2) is 5.76 Å². The Morgan fingerprint density at radius 1 is 1.25 bits per heavy atom. The minimum Gasteiger partial charge on any atom is -0.478 e. The minimum atomic E-state index is -1.03. The van der Waals surface area contributed by atoms with E-state index in [4.69, 9.17) is 4.42 Å². The molecule has 0 spiro atoms. The van der Waals surface area contributed by atoms with E-state index in [1.165, 1.54) is 12.5 Å². The Bertz CT molecular complexity index is 757. The number of hydrogen-bond donors (Lipinski definition) is 1. The van der Waals surface area contributed by atoms with E-state index in [1.807, 2.05) is 31.2 Å². The van der Waals surface area contributed by atoms with Crippen molar-refractivity contribution in [2.24, 2.45) is 0 Å². The highest BCUT2D eigenvalue weighted by Gasteiger charge is 2.19. The van der Waals surface area contributed by atoms with Crippen molar-refractivity contribution in [1.29, 1.82) is 0 Å². The average Bonchev–Trinajstić information content (AvgIpc) is 3.08. The molecule has 0 amide bonds. The van der Waals surface area contributed by atoms with Crippen LogP contribution >= 0.6 is 0 Å². The molecule has 0 radical (unpaired) electrons. The predicted molar refractivity (Wildman–Crippen MR) is 73.0 cm³/mol. The molecule has 0 atom stereocenters. The van der Waals surface area contributed by atoms with Gasteiger partial charge in [0.1, 0.15) is 11.3 Å². The van der Waals surface area contributed by atoms with Gasteiger partial charge in [0.2, 0.25) is 0 Å². The molecule has 0 aliphatic carbocycles. The molecule has 1 aromatic carbocycles. The monoisotopic (exact) mass is 268 g/mol. The summed E-state index contributed by atoms with van der Waals surface area (Å²) in [5, 5.41) is 13.6. The normalized spacial score (nSPS) is 10.7. The van der Waals surface area contributed by atoms with Crippen molar-refractivity contribution in [2.75, 3.05) is 0 Å². The summed E-state index contributed by atoms with van der Waals surface area (Å²) in [5.41, 5.74) is 2.29. The number of carbonyl (C=O) groups is 1. The zero-order valence-corrected chi connectivity index (χ0v) is 10.8. The van der Waals surface area contributed by atoms with E-state index in [0.717, 1.165) is 11.3 Å². The molecule has 0 aliphatic rings. The van der Waals surface area contributed by atoms with Crippen LogP contribution in [0.3, 0.4) is 0 Å². The van der Waals surface area contributed by atoms with Crippen LogP contribution in [0.25, 0.3) is 17.1 Å². The summed E-state index contributed by atoms with van der Waals surface area (Å²) >= 11 is 0. The van der Waals surface area contributed by atoms with Crippen molar-refractivity contribution in [3.8, 4) is 17.1 Å². The quantitative estimate of drug-likeness (QED) is 0.792. The number of carboxylic acid groups (broad SMARTS) is 1. The average molecular weight is 268 g/mol. The lowest BCUT2D eigenvalue weighted by Gasteiger charge is -2.04. The Labute approximate surface area is 115 Å². The highest BCUT2D eigenvalue weighted by atomic mass is 16.4. The summed E-state index contributed by atoms with van der Waals surface area (Å²) in [4.78, 5) is 11.4. The molecular weight excluding hydrogens is 256 g/mol. The number of benzene rings is 1. The zero-order chi connectivity index (χ0) is 14.1. The molecule has 0 bridgehead atoms. The number of carboxylic acids is 1. The molecule has 0 unspecified atom stereocenters. The van der Waals surface area contributed by atoms with E-state index in [2.05, 4.69) is 5.10 Å². The van der Waals surface area contributed by atoms with Gasteiger partial charge in [0, 0.05) is 6.20 Å². The Morgan fingerprint density at radius 3 is 2.70 bits per heavy atom. The van der Waals surface area contributed by atoms with Crippen LogP contribution in [0, 0.1) is 6.92 Å². The molecule has 2 aromatic heterocycles. The first kappa shape index (κ1) is 12.2. The van der Waals surface area contributed by atoms with E-state index in [9.17, 15) is 9.90 Å². The first-order chi connectivity index (χ1) is 9.66. The molecule has 2 heterocycles. The third-order valence-corrected chi connectivity index (χ3v) is 3.06. The molecule has 0 saturated heterocycles. The van der Waals surface area contributed by atoms with Crippen LogP contribution in [-0.2, 0) is 0 Å². The predicted octanol–water partition coefficient (Wildman–Crippen LogP) is 3.14. The highest BCUT2D eigenvalue weighted by Crippen LogP contribution is 2.24. The van der Waals surface area contributed by atoms with Crippen molar-refractivity contribution in [1.82, 2.24) is 9.78 Å². The summed E-state index contributed by atoms with van der Waals surface area (Å²) in [7, 11) is 0. The second-order valence-electron chi connectivity index (χ2n) is 4.40. The fourth-order valence-corrected chi connectivity index (χ4v) is 2.07. The van der Waals surface area contributed by atoms with Crippen molar-refractivity contribution in [3.63, 3.8) is 0 Å². The Kier molecular flexibility index (Phi) is 2.87. The standard InChI is InChI=1S/C15H12N2O3/c1-10-5-2-3-6-12(10)17-9-11(15(18)19)14(16-17)13-7-4-8-20-13/h2-9H,1H3,(H,18,19). The first-order valence-corrected chi connectivity index (χ1v) is 6.09. The molecule has 100 valence electrons. The Morgan fingerprint density at radius 2 is 2.05 bits per heavy atom. The lowest BCUT2D eigenvalue weighted by molar-refractivity contribution is 0.0697. The van der Waals surface area contributed by atoms with E-state index >= 15 is 0 Å². The van der Waals surface area contributed by atoms with Gasteiger partial charge >= 0.3 is 5.97 Å². The number of nitrogens with zero attached hydrogens (tertiary/aromatic N) is 2. The van der Waals surface area contributed by atoms with Gasteiger partial charge in [0.25, 0.3) is 0 Å². The van der Waals surface area contributed by atoms with Gasteiger partial charge in [-0.1, -0.05) is 18.2 Å². The maximum atomic E-state index is 11.4. The van der Waals surface area contributed by atoms with Gasteiger partial charge in [0.05, 0.1) is 12.0 Å². The second kappa shape index (κ2) is 4.70. The molecule has 1 N–H and O–H groups in total. The Hall–Kier alpha value is -2.82. The molecule has 0 aliphatic heterocycles. The van der Waals surface area contributed by atoms with E-state index in [-0.39, 0.29) is 5.56 Å². The summed E-state index contributed by atoms with van der Waals surface area (Å²) in [6.45, 7) is 1.95. The van der Waals surface area contributed by atoms with Crippen LogP contribution in [0.2, 0.25) is 0 Å². The molecule has 3 aromatic rings. The molecule has 0 saturated carbocycles. The Balaban J connectivity index is 2.18. The summed E-state index contributed by atoms with van der Waals surface area (Å²) in [6.07, 6.45) is 3.00. The number of rotatable bonds is 3. The molecule has 0 fully saturated rings. The third-order valence-electron chi connectivity index (χ3n) is 3.06. The third kappa shape index (κ3) is 1.99. The van der Waals surface area contributed by atoms with Gasteiger partial charge in [-0.05, 0) is 30.7 Å². The lowest BCUT2D eigenvalue weighted by atomic mass is 10.2.